The molecule has 30 heavy (non-hydrogen) atoms. The number of aromatic nitrogens is 2. The van der Waals surface area contributed by atoms with Crippen molar-refractivity contribution in [1.29, 1.82) is 0 Å². The Balaban J connectivity index is 1.93. The van der Waals surface area contributed by atoms with Gasteiger partial charge in [-0.25, -0.2) is 9.31 Å². The summed E-state index contributed by atoms with van der Waals surface area (Å²) in [5, 5.41) is 13.4. The standard InChI is InChI=1S/C26H22N2O2/c1-2-22(20-8-4-3-5-9-20)26(23-18-27-28-17-7-6-10-24(23)28)21-14-11-19(12-15-21)13-16-25(29)30/h3-18H,2H2,1H3,(H,29,30). The predicted octanol–water partition coefficient (Wildman–Crippen LogP) is 5.80. The molecule has 148 valence electrons. The Morgan fingerprint density at radius 1 is 0.967 bits per heavy atom. The third kappa shape index (κ3) is 3.94. The Hall–Kier alpha value is -3.92. The zero-order valence-corrected chi connectivity index (χ0v) is 16.7. The van der Waals surface area contributed by atoms with Crippen molar-refractivity contribution in [2.75, 3.05) is 0 Å². The first-order valence-corrected chi connectivity index (χ1v) is 9.90. The number of hydrogen-bond acceptors (Lipinski definition) is 2. The van der Waals surface area contributed by atoms with Crippen molar-refractivity contribution in [2.24, 2.45) is 0 Å². The van der Waals surface area contributed by atoms with E-state index >= 15 is 0 Å². The number of fused-ring (bicyclic) bond motifs is 1. The molecule has 4 nitrogen and oxygen atoms in total. The molecule has 0 fully saturated rings. The number of carbonyl (C=O) groups is 1. The molecule has 0 spiro atoms. The molecule has 0 saturated heterocycles. The summed E-state index contributed by atoms with van der Waals surface area (Å²) >= 11 is 0. The molecule has 4 rings (SSSR count). The third-order valence-corrected chi connectivity index (χ3v) is 5.09. The quantitative estimate of drug-likeness (QED) is 0.332. The summed E-state index contributed by atoms with van der Waals surface area (Å²) in [6.45, 7) is 2.16. The fourth-order valence-corrected chi connectivity index (χ4v) is 3.71. The number of aliphatic carboxylic acids is 1. The van der Waals surface area contributed by atoms with Crippen LogP contribution < -0.4 is 0 Å². The number of carboxylic acid groups (broad SMARTS) is 1. The number of rotatable bonds is 6. The van der Waals surface area contributed by atoms with Crippen molar-refractivity contribution >= 4 is 28.7 Å². The topological polar surface area (TPSA) is 54.6 Å². The summed E-state index contributed by atoms with van der Waals surface area (Å²) in [5.74, 6) is -0.955. The highest BCUT2D eigenvalue weighted by Crippen LogP contribution is 2.36. The Bertz CT molecular complexity index is 1230. The van der Waals surface area contributed by atoms with Gasteiger partial charge in [-0.2, -0.15) is 5.10 Å². The zero-order chi connectivity index (χ0) is 20.9. The van der Waals surface area contributed by atoms with Crippen LogP contribution in [0.1, 0.15) is 35.6 Å². The van der Waals surface area contributed by atoms with E-state index in [1.807, 2.05) is 59.4 Å². The van der Waals surface area contributed by atoms with E-state index in [2.05, 4.69) is 42.4 Å². The van der Waals surface area contributed by atoms with Crippen LogP contribution in [0.5, 0.6) is 0 Å². The zero-order valence-electron chi connectivity index (χ0n) is 16.7. The van der Waals surface area contributed by atoms with Gasteiger partial charge < -0.3 is 5.11 Å². The fraction of sp³-hybridized carbons (Fsp3) is 0.0769. The van der Waals surface area contributed by atoms with Crippen LogP contribution in [-0.4, -0.2) is 20.7 Å². The highest BCUT2D eigenvalue weighted by atomic mass is 16.4. The molecule has 2 aromatic heterocycles. The van der Waals surface area contributed by atoms with Gasteiger partial charge >= 0.3 is 5.97 Å². The van der Waals surface area contributed by atoms with E-state index in [1.165, 1.54) is 11.1 Å². The second kappa shape index (κ2) is 8.62. The fourth-order valence-electron chi connectivity index (χ4n) is 3.71. The number of pyridine rings is 1. The van der Waals surface area contributed by atoms with Gasteiger partial charge in [-0.05, 0) is 52.5 Å². The highest BCUT2D eigenvalue weighted by Gasteiger charge is 2.16. The molecule has 0 bridgehead atoms. The van der Waals surface area contributed by atoms with E-state index in [1.54, 1.807) is 6.08 Å². The van der Waals surface area contributed by atoms with E-state index in [-0.39, 0.29) is 0 Å². The number of allylic oxidation sites excluding steroid dienone is 1. The largest absolute Gasteiger partial charge is 0.478 e. The second-order valence-electron chi connectivity index (χ2n) is 6.96. The summed E-state index contributed by atoms with van der Waals surface area (Å²) in [6.07, 6.45) is 7.48. The van der Waals surface area contributed by atoms with Gasteiger partial charge in [-0.3, -0.25) is 0 Å². The molecule has 0 aliphatic carbocycles. The molecule has 4 heteroatoms. The van der Waals surface area contributed by atoms with Gasteiger partial charge in [0.1, 0.15) is 0 Å². The summed E-state index contributed by atoms with van der Waals surface area (Å²) in [5.41, 5.74) is 7.59. The maximum atomic E-state index is 10.8. The van der Waals surface area contributed by atoms with Crippen LogP contribution in [-0.2, 0) is 4.79 Å². The monoisotopic (exact) mass is 394 g/mol. The molecule has 2 heterocycles. The molecule has 1 N–H and O–H groups in total. The van der Waals surface area contributed by atoms with E-state index in [4.69, 9.17) is 5.11 Å². The van der Waals surface area contributed by atoms with Crippen LogP contribution in [0.3, 0.4) is 0 Å². The molecule has 0 radical (unpaired) electrons. The Labute approximate surface area is 175 Å². The third-order valence-electron chi connectivity index (χ3n) is 5.09. The molecule has 0 unspecified atom stereocenters. The molecule has 0 amide bonds. The molecular formula is C26H22N2O2. The lowest BCUT2D eigenvalue weighted by Gasteiger charge is -2.15. The van der Waals surface area contributed by atoms with E-state index < -0.39 is 5.97 Å². The Morgan fingerprint density at radius 2 is 1.70 bits per heavy atom. The van der Waals surface area contributed by atoms with Crippen molar-refractivity contribution in [2.45, 2.75) is 13.3 Å². The molecule has 0 saturated carbocycles. The Morgan fingerprint density at radius 3 is 2.40 bits per heavy atom. The minimum atomic E-state index is -0.955. The maximum absolute atomic E-state index is 10.8. The van der Waals surface area contributed by atoms with Crippen molar-refractivity contribution in [3.63, 3.8) is 0 Å². The van der Waals surface area contributed by atoms with Crippen molar-refractivity contribution in [3.05, 3.63) is 114 Å². The van der Waals surface area contributed by atoms with Crippen LogP contribution in [0.4, 0.5) is 0 Å². The van der Waals surface area contributed by atoms with Crippen molar-refractivity contribution in [1.82, 2.24) is 9.61 Å². The minimum Gasteiger partial charge on any atom is -0.478 e. The van der Waals surface area contributed by atoms with E-state index in [9.17, 15) is 4.79 Å². The number of hydrogen-bond donors (Lipinski definition) is 1. The van der Waals surface area contributed by atoms with Crippen molar-refractivity contribution < 1.29 is 9.90 Å². The van der Waals surface area contributed by atoms with Crippen LogP contribution in [0, 0.1) is 0 Å². The van der Waals surface area contributed by atoms with Crippen molar-refractivity contribution in [3.8, 4) is 0 Å². The van der Waals surface area contributed by atoms with Gasteiger partial charge in [0.05, 0.1) is 11.7 Å². The highest BCUT2D eigenvalue weighted by molar-refractivity contribution is 6.02. The summed E-state index contributed by atoms with van der Waals surface area (Å²) in [4.78, 5) is 10.8. The molecule has 4 aromatic rings. The molecular weight excluding hydrogens is 372 g/mol. The predicted molar refractivity (Wildman–Crippen MR) is 121 cm³/mol. The van der Waals surface area contributed by atoms with Crippen LogP contribution in [0.15, 0.2) is 91.3 Å². The van der Waals surface area contributed by atoms with Crippen LogP contribution >= 0.6 is 0 Å². The molecule has 0 aliphatic rings. The Kier molecular flexibility index (Phi) is 5.57. The lowest BCUT2D eigenvalue weighted by molar-refractivity contribution is -0.131. The van der Waals surface area contributed by atoms with Gasteiger partial charge in [-0.1, -0.05) is 67.6 Å². The number of benzene rings is 2. The number of carboxylic acids is 1. The van der Waals surface area contributed by atoms with Gasteiger partial charge in [0, 0.05) is 17.8 Å². The first-order valence-electron chi connectivity index (χ1n) is 9.90. The smallest absolute Gasteiger partial charge is 0.328 e. The molecule has 0 aliphatic heterocycles. The van der Waals surface area contributed by atoms with E-state index in [0.29, 0.717) is 0 Å². The van der Waals surface area contributed by atoms with E-state index in [0.717, 1.165) is 40.3 Å². The van der Waals surface area contributed by atoms with Crippen LogP contribution in [0.2, 0.25) is 0 Å². The summed E-state index contributed by atoms with van der Waals surface area (Å²) in [7, 11) is 0. The minimum absolute atomic E-state index is 0.845. The van der Waals surface area contributed by atoms with Crippen LogP contribution in [0.25, 0.3) is 22.7 Å². The summed E-state index contributed by atoms with van der Waals surface area (Å²) < 4.78 is 1.89. The maximum Gasteiger partial charge on any atom is 0.328 e. The average Bonchev–Trinajstić information content (AvgIpc) is 3.21. The number of nitrogens with zero attached hydrogens (tertiary/aromatic N) is 2. The first-order chi connectivity index (χ1) is 14.7. The van der Waals surface area contributed by atoms with Gasteiger partial charge in [0.15, 0.2) is 0 Å². The second-order valence-corrected chi connectivity index (χ2v) is 6.96. The van der Waals surface area contributed by atoms with Gasteiger partial charge in [-0.15, -0.1) is 0 Å². The summed E-state index contributed by atoms with van der Waals surface area (Å²) in [6, 6.07) is 24.4. The lowest BCUT2D eigenvalue weighted by atomic mass is 9.88. The SMILES string of the molecule is CCC(=C(c1ccc(C=CC(=O)O)cc1)c1cnn2ccccc12)c1ccccc1. The molecule has 2 aromatic carbocycles. The van der Waals surface area contributed by atoms with Gasteiger partial charge in [0.2, 0.25) is 0 Å². The molecule has 0 atom stereocenters. The normalized spacial score (nSPS) is 12.3. The first kappa shape index (κ1) is 19.4. The van der Waals surface area contributed by atoms with Gasteiger partial charge in [0.25, 0.3) is 0 Å². The lowest BCUT2D eigenvalue weighted by Crippen LogP contribution is -1.95. The average molecular weight is 394 g/mol.